The van der Waals surface area contributed by atoms with Crippen LogP contribution in [-0.4, -0.2) is 11.7 Å². The summed E-state index contributed by atoms with van der Waals surface area (Å²) in [4.78, 5) is 11.8. The Kier molecular flexibility index (Phi) is 5.48. The van der Waals surface area contributed by atoms with Crippen molar-refractivity contribution in [2.24, 2.45) is 0 Å². The molecule has 102 valence electrons. The van der Waals surface area contributed by atoms with Crippen LogP contribution in [0.15, 0.2) is 35.7 Å². The molecule has 0 atom stereocenters. The third kappa shape index (κ3) is 4.27. The summed E-state index contributed by atoms with van der Waals surface area (Å²) in [6, 6.07) is 11.3. The number of nitrogens with zero attached hydrogens (tertiary/aromatic N) is 1. The average molecular weight is 323 g/mol. The first-order valence-electron chi connectivity index (χ1n) is 5.78. The van der Waals surface area contributed by atoms with E-state index in [2.05, 4.69) is 5.32 Å². The molecular formula is C14H11ClN2OS2. The molecule has 6 heteroatoms. The number of nitrogens with one attached hydrogen (secondary N) is 1. The van der Waals surface area contributed by atoms with Gasteiger partial charge in [0.2, 0.25) is 5.91 Å². The molecule has 0 bridgehead atoms. The molecule has 1 N–H and O–H groups in total. The van der Waals surface area contributed by atoms with Gasteiger partial charge in [0.15, 0.2) is 0 Å². The minimum atomic E-state index is -0.0945. The van der Waals surface area contributed by atoms with Gasteiger partial charge in [0.25, 0.3) is 0 Å². The Morgan fingerprint density at radius 1 is 1.35 bits per heavy atom. The molecule has 0 aliphatic heterocycles. The number of hydrogen-bond acceptors (Lipinski definition) is 4. The molecule has 3 nitrogen and oxygen atoms in total. The fourth-order valence-corrected chi connectivity index (χ4v) is 3.17. The van der Waals surface area contributed by atoms with Crippen LogP contribution in [0, 0.1) is 11.3 Å². The lowest BCUT2D eigenvalue weighted by atomic mass is 10.2. The van der Waals surface area contributed by atoms with E-state index in [1.807, 2.05) is 30.3 Å². The highest BCUT2D eigenvalue weighted by atomic mass is 35.5. The minimum Gasteiger partial charge on any atom is -0.316 e. The van der Waals surface area contributed by atoms with E-state index in [9.17, 15) is 4.79 Å². The highest BCUT2D eigenvalue weighted by Crippen LogP contribution is 2.22. The smallest absolute Gasteiger partial charge is 0.235 e. The summed E-state index contributed by atoms with van der Waals surface area (Å²) in [5, 5.41) is 14.7. The van der Waals surface area contributed by atoms with E-state index in [1.54, 1.807) is 11.4 Å². The average Bonchev–Trinajstić information content (AvgIpc) is 2.88. The van der Waals surface area contributed by atoms with Crippen molar-refractivity contribution in [3.8, 4) is 6.07 Å². The first-order chi connectivity index (χ1) is 9.69. The van der Waals surface area contributed by atoms with Crippen LogP contribution >= 0.6 is 34.7 Å². The van der Waals surface area contributed by atoms with Crippen LogP contribution in [0.2, 0.25) is 5.02 Å². The summed E-state index contributed by atoms with van der Waals surface area (Å²) in [6.07, 6.45) is 0. The highest BCUT2D eigenvalue weighted by molar-refractivity contribution is 7.99. The van der Waals surface area contributed by atoms with E-state index >= 15 is 0 Å². The molecule has 0 aliphatic rings. The topological polar surface area (TPSA) is 52.9 Å². The van der Waals surface area contributed by atoms with Crippen molar-refractivity contribution >= 4 is 45.6 Å². The predicted molar refractivity (Wildman–Crippen MR) is 85.3 cm³/mol. The SMILES string of the molecule is N#Cc1ccsc1NC(=O)CSCc1ccc(Cl)cc1. The summed E-state index contributed by atoms with van der Waals surface area (Å²) >= 11 is 8.69. The summed E-state index contributed by atoms with van der Waals surface area (Å²) < 4.78 is 0. The van der Waals surface area contributed by atoms with Crippen LogP contribution < -0.4 is 5.32 Å². The second-order valence-corrected chi connectivity index (χ2v) is 6.28. The van der Waals surface area contributed by atoms with Crippen LogP contribution in [0.5, 0.6) is 0 Å². The Hall–Kier alpha value is -1.48. The van der Waals surface area contributed by atoms with Crippen LogP contribution in [0.1, 0.15) is 11.1 Å². The van der Waals surface area contributed by atoms with E-state index in [1.165, 1.54) is 23.1 Å². The van der Waals surface area contributed by atoms with Crippen LogP contribution in [0.4, 0.5) is 5.00 Å². The van der Waals surface area contributed by atoms with Gasteiger partial charge < -0.3 is 5.32 Å². The molecule has 1 aromatic heterocycles. The summed E-state index contributed by atoms with van der Waals surface area (Å²) in [6.45, 7) is 0. The van der Waals surface area contributed by atoms with Gasteiger partial charge in [-0.15, -0.1) is 23.1 Å². The largest absolute Gasteiger partial charge is 0.316 e. The molecule has 0 radical (unpaired) electrons. The van der Waals surface area contributed by atoms with Gasteiger partial charge in [-0.3, -0.25) is 4.79 Å². The fraction of sp³-hybridized carbons (Fsp3) is 0.143. The lowest BCUT2D eigenvalue weighted by molar-refractivity contribution is -0.113. The van der Waals surface area contributed by atoms with Gasteiger partial charge in [-0.2, -0.15) is 5.26 Å². The van der Waals surface area contributed by atoms with Crippen molar-refractivity contribution in [3.63, 3.8) is 0 Å². The van der Waals surface area contributed by atoms with Crippen LogP contribution in [0.25, 0.3) is 0 Å². The zero-order chi connectivity index (χ0) is 14.4. The number of halogens is 1. The van der Waals surface area contributed by atoms with Crippen molar-refractivity contribution in [1.29, 1.82) is 5.26 Å². The molecule has 1 amide bonds. The molecule has 0 spiro atoms. The maximum absolute atomic E-state index is 11.8. The number of benzene rings is 1. The monoisotopic (exact) mass is 322 g/mol. The molecule has 20 heavy (non-hydrogen) atoms. The summed E-state index contributed by atoms with van der Waals surface area (Å²) in [7, 11) is 0. The van der Waals surface area contributed by atoms with Gasteiger partial charge >= 0.3 is 0 Å². The quantitative estimate of drug-likeness (QED) is 0.899. The van der Waals surface area contributed by atoms with Crippen molar-refractivity contribution in [2.45, 2.75) is 5.75 Å². The van der Waals surface area contributed by atoms with Crippen LogP contribution in [-0.2, 0) is 10.5 Å². The van der Waals surface area contributed by atoms with E-state index in [0.717, 1.165) is 11.3 Å². The molecule has 0 aliphatic carbocycles. The predicted octanol–water partition coefficient (Wildman–Crippen LogP) is 4.15. The van der Waals surface area contributed by atoms with Gasteiger partial charge in [0.1, 0.15) is 11.1 Å². The zero-order valence-electron chi connectivity index (χ0n) is 10.4. The van der Waals surface area contributed by atoms with Crippen LogP contribution in [0.3, 0.4) is 0 Å². The normalized spacial score (nSPS) is 10.0. The number of amides is 1. The van der Waals surface area contributed by atoms with Crippen molar-refractivity contribution in [3.05, 3.63) is 51.9 Å². The maximum atomic E-state index is 11.8. The van der Waals surface area contributed by atoms with E-state index < -0.39 is 0 Å². The Bertz CT molecular complexity index is 631. The van der Waals surface area contributed by atoms with Crippen molar-refractivity contribution in [1.82, 2.24) is 0 Å². The molecule has 0 saturated heterocycles. The first kappa shape index (κ1) is 14.9. The van der Waals surface area contributed by atoms with Gasteiger partial charge in [-0.1, -0.05) is 23.7 Å². The third-order valence-electron chi connectivity index (χ3n) is 2.45. The maximum Gasteiger partial charge on any atom is 0.235 e. The molecular weight excluding hydrogens is 312 g/mol. The van der Waals surface area contributed by atoms with E-state index in [0.29, 0.717) is 21.3 Å². The number of carbonyl (C=O) groups is 1. The lowest BCUT2D eigenvalue weighted by Crippen LogP contribution is -2.13. The Labute approximate surface area is 130 Å². The number of rotatable bonds is 5. The highest BCUT2D eigenvalue weighted by Gasteiger charge is 2.08. The number of hydrogen-bond donors (Lipinski definition) is 1. The number of thiophene rings is 1. The standard InChI is InChI=1S/C14H11ClN2OS2/c15-12-3-1-10(2-4-12)8-19-9-13(18)17-14-11(7-16)5-6-20-14/h1-6H,8-9H2,(H,17,18). The molecule has 0 unspecified atom stereocenters. The van der Waals surface area contributed by atoms with E-state index in [-0.39, 0.29) is 5.91 Å². The third-order valence-corrected chi connectivity index (χ3v) is 4.54. The van der Waals surface area contributed by atoms with Gasteiger partial charge in [0.05, 0.1) is 11.3 Å². The fourth-order valence-electron chi connectivity index (χ4n) is 1.50. The Morgan fingerprint density at radius 2 is 2.10 bits per heavy atom. The Balaban J connectivity index is 1.78. The van der Waals surface area contributed by atoms with Crippen molar-refractivity contribution in [2.75, 3.05) is 11.1 Å². The molecule has 2 aromatic rings. The second-order valence-electron chi connectivity index (χ2n) is 3.94. The number of nitriles is 1. The van der Waals surface area contributed by atoms with Gasteiger partial charge in [0, 0.05) is 10.8 Å². The number of anilines is 1. The second kappa shape index (κ2) is 7.34. The summed E-state index contributed by atoms with van der Waals surface area (Å²) in [5.41, 5.74) is 1.63. The number of carbonyl (C=O) groups excluding carboxylic acids is 1. The Morgan fingerprint density at radius 3 is 2.80 bits per heavy atom. The molecule has 0 saturated carbocycles. The van der Waals surface area contributed by atoms with Gasteiger partial charge in [-0.05, 0) is 29.1 Å². The zero-order valence-corrected chi connectivity index (χ0v) is 12.8. The molecule has 2 rings (SSSR count). The molecule has 1 heterocycles. The first-order valence-corrected chi connectivity index (χ1v) is 8.20. The molecule has 1 aromatic carbocycles. The lowest BCUT2D eigenvalue weighted by Gasteiger charge is -2.04. The molecule has 0 fully saturated rings. The minimum absolute atomic E-state index is 0.0945. The van der Waals surface area contributed by atoms with Crippen molar-refractivity contribution < 1.29 is 4.79 Å². The summed E-state index contributed by atoms with van der Waals surface area (Å²) in [5.74, 6) is 1.01. The van der Waals surface area contributed by atoms with Gasteiger partial charge in [-0.25, -0.2) is 0 Å². The number of thioether (sulfide) groups is 1. The van der Waals surface area contributed by atoms with E-state index in [4.69, 9.17) is 16.9 Å².